The van der Waals surface area contributed by atoms with Crippen LogP contribution >= 0.6 is 0 Å². The van der Waals surface area contributed by atoms with Crippen molar-refractivity contribution in [3.8, 4) is 0 Å². The summed E-state index contributed by atoms with van der Waals surface area (Å²) in [6.07, 6.45) is 1.34. The van der Waals surface area contributed by atoms with Gasteiger partial charge in [-0.1, -0.05) is 13.8 Å². The van der Waals surface area contributed by atoms with Gasteiger partial charge in [-0.15, -0.1) is 0 Å². The van der Waals surface area contributed by atoms with Crippen molar-refractivity contribution < 1.29 is 0 Å². The molecule has 0 aliphatic carbocycles. The van der Waals surface area contributed by atoms with Gasteiger partial charge in [-0.3, -0.25) is 4.90 Å². The van der Waals surface area contributed by atoms with Crippen LogP contribution < -0.4 is 0 Å². The molecule has 0 aromatic carbocycles. The summed E-state index contributed by atoms with van der Waals surface area (Å²) in [6, 6.07) is 0. The van der Waals surface area contributed by atoms with Gasteiger partial charge in [0.2, 0.25) is 0 Å². The van der Waals surface area contributed by atoms with Gasteiger partial charge in [0, 0.05) is 20.1 Å². The van der Waals surface area contributed by atoms with Gasteiger partial charge in [0.05, 0.1) is 0 Å². The molecule has 1 saturated heterocycles. The minimum atomic E-state index is 0.791. The number of nitrogens with zero attached hydrogens (tertiary/aromatic N) is 1. The number of rotatable bonds is 0. The Morgan fingerprint density at radius 2 is 1.67 bits per heavy atom. The van der Waals surface area contributed by atoms with Crippen LogP contribution in [0.15, 0.2) is 0 Å². The van der Waals surface area contributed by atoms with Gasteiger partial charge in [0.25, 0.3) is 0 Å². The monoisotopic (exact) mass is 125 g/mol. The van der Waals surface area contributed by atoms with E-state index in [-0.39, 0.29) is 0 Å². The molecule has 1 aliphatic heterocycles. The third kappa shape index (κ3) is 1.98. The number of hydrogen-bond donors (Lipinski definition) is 0. The molecule has 1 nitrogen and oxygen atoms in total. The SMILES string of the molecule is [CH]N1CC(C)CC(C)C1. The van der Waals surface area contributed by atoms with Crippen LogP contribution in [-0.2, 0) is 0 Å². The third-order valence-electron chi connectivity index (χ3n) is 1.90. The van der Waals surface area contributed by atoms with Gasteiger partial charge in [0.15, 0.2) is 0 Å². The average Bonchev–Trinajstić information content (AvgIpc) is 1.59. The Hall–Kier alpha value is -0.0400. The molecule has 0 saturated carbocycles. The fourth-order valence-corrected chi connectivity index (χ4v) is 1.71. The summed E-state index contributed by atoms with van der Waals surface area (Å²) in [5, 5.41) is 0. The van der Waals surface area contributed by atoms with Gasteiger partial charge in [-0.05, 0) is 18.3 Å². The van der Waals surface area contributed by atoms with Crippen molar-refractivity contribution in [2.75, 3.05) is 13.1 Å². The van der Waals surface area contributed by atoms with Gasteiger partial charge in [0.1, 0.15) is 0 Å². The lowest BCUT2D eigenvalue weighted by Crippen LogP contribution is -2.34. The summed E-state index contributed by atoms with van der Waals surface area (Å²) < 4.78 is 0. The van der Waals surface area contributed by atoms with Crippen molar-refractivity contribution in [1.29, 1.82) is 0 Å². The fraction of sp³-hybridized carbons (Fsp3) is 0.875. The lowest BCUT2D eigenvalue weighted by molar-refractivity contribution is 0.189. The second kappa shape index (κ2) is 2.70. The van der Waals surface area contributed by atoms with Crippen molar-refractivity contribution in [2.24, 2.45) is 11.8 Å². The van der Waals surface area contributed by atoms with Crippen molar-refractivity contribution in [2.45, 2.75) is 20.3 Å². The minimum absolute atomic E-state index is 0.791. The number of piperidine rings is 1. The molecule has 0 bridgehead atoms. The van der Waals surface area contributed by atoms with E-state index < -0.39 is 0 Å². The Morgan fingerprint density at radius 1 is 1.22 bits per heavy atom. The first-order valence-electron chi connectivity index (χ1n) is 3.68. The highest BCUT2D eigenvalue weighted by Crippen LogP contribution is 2.19. The van der Waals surface area contributed by atoms with Gasteiger partial charge in [-0.2, -0.15) is 0 Å². The van der Waals surface area contributed by atoms with E-state index in [0.29, 0.717) is 0 Å². The highest BCUT2D eigenvalue weighted by atomic mass is 15.1. The predicted molar refractivity (Wildman–Crippen MR) is 38.8 cm³/mol. The van der Waals surface area contributed by atoms with E-state index in [1.54, 1.807) is 0 Å². The highest BCUT2D eigenvalue weighted by Gasteiger charge is 2.18. The number of likely N-dealkylation sites (tertiary alicyclic amines) is 1. The maximum Gasteiger partial charge on any atom is 0.0439 e. The topological polar surface area (TPSA) is 3.24 Å². The highest BCUT2D eigenvalue weighted by molar-refractivity contribution is 4.73. The van der Waals surface area contributed by atoms with E-state index in [9.17, 15) is 0 Å². The molecule has 0 amide bonds. The smallest absolute Gasteiger partial charge is 0.0439 e. The first-order chi connectivity index (χ1) is 4.18. The molecule has 52 valence electrons. The Kier molecular flexibility index (Phi) is 2.12. The zero-order valence-corrected chi connectivity index (χ0v) is 6.30. The lowest BCUT2D eigenvalue weighted by atomic mass is 9.92. The summed E-state index contributed by atoms with van der Waals surface area (Å²) in [7, 11) is 5.65. The van der Waals surface area contributed by atoms with Crippen LogP contribution in [0.5, 0.6) is 0 Å². The molecule has 2 atom stereocenters. The molecular weight excluding hydrogens is 110 g/mol. The molecule has 0 spiro atoms. The first-order valence-corrected chi connectivity index (χ1v) is 3.68. The normalized spacial score (nSPS) is 39.0. The molecule has 1 fully saturated rings. The van der Waals surface area contributed by atoms with Gasteiger partial charge < -0.3 is 0 Å². The molecule has 1 rings (SSSR count). The third-order valence-corrected chi connectivity index (χ3v) is 1.90. The van der Waals surface area contributed by atoms with Crippen molar-refractivity contribution in [3.05, 3.63) is 7.05 Å². The summed E-state index contributed by atoms with van der Waals surface area (Å²) in [6.45, 7) is 6.67. The van der Waals surface area contributed by atoms with E-state index in [4.69, 9.17) is 7.05 Å². The Labute approximate surface area is 58.0 Å². The molecule has 0 aromatic heterocycles. The zero-order chi connectivity index (χ0) is 6.85. The average molecular weight is 125 g/mol. The molecule has 0 N–H and O–H groups in total. The molecule has 2 radical (unpaired) electrons. The molecule has 0 aromatic rings. The molecule has 1 heterocycles. The van der Waals surface area contributed by atoms with Crippen LogP contribution in [0.2, 0.25) is 0 Å². The summed E-state index contributed by atoms with van der Waals surface area (Å²) in [4.78, 5) is 1.93. The summed E-state index contributed by atoms with van der Waals surface area (Å²) in [5.74, 6) is 1.58. The minimum Gasteiger partial charge on any atom is -0.297 e. The van der Waals surface area contributed by atoms with Crippen LogP contribution in [0.4, 0.5) is 0 Å². The van der Waals surface area contributed by atoms with Crippen LogP contribution in [-0.4, -0.2) is 18.0 Å². The van der Waals surface area contributed by atoms with Crippen LogP contribution in [0.3, 0.4) is 0 Å². The maximum absolute atomic E-state index is 5.65. The molecule has 1 aliphatic rings. The van der Waals surface area contributed by atoms with E-state index in [2.05, 4.69) is 13.8 Å². The Bertz CT molecular complexity index is 65.5. The summed E-state index contributed by atoms with van der Waals surface area (Å²) >= 11 is 0. The van der Waals surface area contributed by atoms with E-state index in [0.717, 1.165) is 24.9 Å². The van der Waals surface area contributed by atoms with E-state index in [1.165, 1.54) is 6.42 Å². The van der Waals surface area contributed by atoms with Crippen LogP contribution in [0.1, 0.15) is 20.3 Å². The Balaban J connectivity index is 2.34. The van der Waals surface area contributed by atoms with Gasteiger partial charge >= 0.3 is 0 Å². The van der Waals surface area contributed by atoms with Crippen molar-refractivity contribution in [3.63, 3.8) is 0 Å². The Morgan fingerprint density at radius 3 is 2.00 bits per heavy atom. The predicted octanol–water partition coefficient (Wildman–Crippen LogP) is 1.63. The standard InChI is InChI=1S/C8H15N/c1-7-4-8(2)6-9(3)5-7/h3,7-8H,4-6H2,1-2H3. The number of hydrogen-bond acceptors (Lipinski definition) is 1. The second-order valence-corrected chi connectivity index (χ2v) is 3.40. The quantitative estimate of drug-likeness (QED) is 0.475. The molecule has 1 heteroatoms. The second-order valence-electron chi connectivity index (χ2n) is 3.40. The van der Waals surface area contributed by atoms with Gasteiger partial charge in [-0.25, -0.2) is 0 Å². The van der Waals surface area contributed by atoms with E-state index >= 15 is 0 Å². The van der Waals surface area contributed by atoms with Crippen molar-refractivity contribution >= 4 is 0 Å². The largest absolute Gasteiger partial charge is 0.297 e. The van der Waals surface area contributed by atoms with Crippen LogP contribution in [0.25, 0.3) is 0 Å². The first kappa shape index (κ1) is 7.07. The molecular formula is C8H15N. The lowest BCUT2D eigenvalue weighted by Gasteiger charge is -2.31. The maximum atomic E-state index is 5.65. The zero-order valence-electron chi connectivity index (χ0n) is 6.30. The molecule has 9 heavy (non-hydrogen) atoms. The van der Waals surface area contributed by atoms with Crippen LogP contribution in [0, 0.1) is 18.9 Å². The fourth-order valence-electron chi connectivity index (χ4n) is 1.71. The van der Waals surface area contributed by atoms with E-state index in [1.807, 2.05) is 4.90 Å². The molecule has 2 unspecified atom stereocenters. The van der Waals surface area contributed by atoms with Crippen molar-refractivity contribution in [1.82, 2.24) is 4.90 Å². The summed E-state index contributed by atoms with van der Waals surface area (Å²) in [5.41, 5.74) is 0.